The molecule has 0 saturated heterocycles. The molecule has 0 spiro atoms. The normalized spacial score (nSPS) is 15.9. The molecule has 0 fully saturated rings. The molecule has 2 rings (SSSR count). The summed E-state index contributed by atoms with van der Waals surface area (Å²) in [4.78, 5) is 35.7. The smallest absolute Gasteiger partial charge is 0.336 e. The number of carbonyl (C=O) groups excluding carboxylic acids is 2. The van der Waals surface area contributed by atoms with Crippen LogP contribution in [-0.2, 0) is 30.2 Å². The van der Waals surface area contributed by atoms with Crippen LogP contribution in [0.25, 0.3) is 0 Å². The van der Waals surface area contributed by atoms with Crippen molar-refractivity contribution in [2.24, 2.45) is 11.2 Å². The molecule has 0 aromatic heterocycles. The fourth-order valence-corrected chi connectivity index (χ4v) is 3.61. The molecule has 0 bridgehead atoms. The number of hydrogen-bond acceptors (Lipinski definition) is 8. The average molecular weight is 452 g/mol. The fraction of sp³-hybridized carbons (Fsp3) is 0.429. The average Bonchev–Trinajstić information content (AvgIpc) is 2.74. The number of ether oxygens (including phenoxy) is 3. The molecule has 10 heteroatoms. The SMILES string of the molecule is CCOC(=O)C1=C(COCCNN=O)NC(C)=C(C(=O)OC)C1Cc1ccccc1Cl. The highest BCUT2D eigenvalue weighted by Gasteiger charge is 2.38. The lowest BCUT2D eigenvalue weighted by Crippen LogP contribution is -2.36. The molecule has 0 saturated carbocycles. The maximum absolute atomic E-state index is 12.9. The van der Waals surface area contributed by atoms with E-state index in [1.165, 1.54) is 7.11 Å². The fourth-order valence-electron chi connectivity index (χ4n) is 3.40. The maximum atomic E-state index is 12.9. The first-order valence-corrected chi connectivity index (χ1v) is 10.1. The summed E-state index contributed by atoms with van der Waals surface area (Å²) in [7, 11) is 1.29. The molecule has 168 valence electrons. The van der Waals surface area contributed by atoms with Crippen molar-refractivity contribution in [3.05, 3.63) is 62.3 Å². The Balaban J connectivity index is 2.48. The number of carbonyl (C=O) groups is 2. The van der Waals surface area contributed by atoms with E-state index in [2.05, 4.69) is 16.0 Å². The van der Waals surface area contributed by atoms with E-state index >= 15 is 0 Å². The summed E-state index contributed by atoms with van der Waals surface area (Å²) in [5, 5.41) is 6.16. The van der Waals surface area contributed by atoms with Gasteiger partial charge in [0.15, 0.2) is 0 Å². The first kappa shape index (κ1) is 24.4. The molecule has 1 aromatic carbocycles. The number of nitrogens with zero attached hydrogens (tertiary/aromatic N) is 1. The number of benzene rings is 1. The molecule has 31 heavy (non-hydrogen) atoms. The predicted octanol–water partition coefficient (Wildman–Crippen LogP) is 2.65. The van der Waals surface area contributed by atoms with E-state index in [0.29, 0.717) is 22.0 Å². The Hall–Kier alpha value is -2.91. The number of allylic oxidation sites excluding steroid dienone is 1. The van der Waals surface area contributed by atoms with Gasteiger partial charge < -0.3 is 19.5 Å². The first-order valence-electron chi connectivity index (χ1n) is 9.77. The van der Waals surface area contributed by atoms with Gasteiger partial charge in [-0.1, -0.05) is 29.8 Å². The summed E-state index contributed by atoms with van der Waals surface area (Å²) >= 11 is 6.35. The highest BCUT2D eigenvalue weighted by molar-refractivity contribution is 6.31. The van der Waals surface area contributed by atoms with Gasteiger partial charge in [-0.05, 0) is 31.9 Å². The van der Waals surface area contributed by atoms with E-state index < -0.39 is 17.9 Å². The monoisotopic (exact) mass is 451 g/mol. The van der Waals surface area contributed by atoms with Crippen molar-refractivity contribution in [3.63, 3.8) is 0 Å². The zero-order valence-electron chi connectivity index (χ0n) is 17.7. The van der Waals surface area contributed by atoms with Crippen molar-refractivity contribution in [1.82, 2.24) is 10.7 Å². The third-order valence-electron chi connectivity index (χ3n) is 4.72. The van der Waals surface area contributed by atoms with Crippen molar-refractivity contribution in [1.29, 1.82) is 0 Å². The molecule has 0 amide bonds. The number of dihydropyridines is 1. The van der Waals surface area contributed by atoms with E-state index in [1.807, 2.05) is 12.1 Å². The van der Waals surface area contributed by atoms with Crippen molar-refractivity contribution >= 4 is 23.5 Å². The van der Waals surface area contributed by atoms with Gasteiger partial charge in [-0.3, -0.25) is 5.43 Å². The van der Waals surface area contributed by atoms with Gasteiger partial charge in [0.05, 0.1) is 50.3 Å². The Bertz CT molecular complexity index is 884. The number of rotatable bonds is 11. The van der Waals surface area contributed by atoms with Crippen LogP contribution >= 0.6 is 11.6 Å². The van der Waals surface area contributed by atoms with E-state index in [0.717, 1.165) is 5.56 Å². The van der Waals surface area contributed by atoms with E-state index in [9.17, 15) is 14.5 Å². The number of nitroso groups, excluding NO2 is 1. The molecular formula is C21H26ClN3O6. The summed E-state index contributed by atoms with van der Waals surface area (Å²) in [6, 6.07) is 7.23. The number of esters is 2. The molecule has 1 atom stereocenters. The largest absolute Gasteiger partial charge is 0.466 e. The molecule has 2 N–H and O–H groups in total. The Labute approximate surface area is 185 Å². The second kappa shape index (κ2) is 12.1. The van der Waals surface area contributed by atoms with Crippen LogP contribution in [0.5, 0.6) is 0 Å². The standard InChI is InChI=1S/C21H26ClN3O6/c1-4-31-21(27)19-15(11-14-7-5-6-8-16(14)22)18(20(26)29-3)13(2)24-17(19)12-30-10-9-23-25-28/h5-8,15,24H,4,9-12H2,1-3H3,(H,23,28). The summed E-state index contributed by atoms with van der Waals surface area (Å²) in [5.41, 5.74) is 4.64. The van der Waals surface area contributed by atoms with Crippen molar-refractivity contribution in [3.8, 4) is 0 Å². The van der Waals surface area contributed by atoms with Crippen LogP contribution < -0.4 is 10.7 Å². The third kappa shape index (κ3) is 6.28. The van der Waals surface area contributed by atoms with Crippen LogP contribution in [0.15, 0.2) is 52.1 Å². The third-order valence-corrected chi connectivity index (χ3v) is 5.08. The van der Waals surface area contributed by atoms with Crippen LogP contribution in [-0.4, -0.2) is 45.4 Å². The Kier molecular flexibility index (Phi) is 9.48. The Morgan fingerprint density at radius 2 is 1.97 bits per heavy atom. The minimum absolute atomic E-state index is 0.0412. The van der Waals surface area contributed by atoms with Crippen LogP contribution in [0.4, 0.5) is 0 Å². The molecule has 0 radical (unpaired) electrons. The molecule has 1 unspecified atom stereocenters. The molecule has 1 aliphatic heterocycles. The van der Waals surface area contributed by atoms with Crippen LogP contribution in [0, 0.1) is 10.8 Å². The number of hydrogen-bond donors (Lipinski definition) is 2. The zero-order chi connectivity index (χ0) is 22.8. The Morgan fingerprint density at radius 3 is 2.61 bits per heavy atom. The van der Waals surface area contributed by atoms with Gasteiger partial charge in [-0.25, -0.2) is 9.59 Å². The Morgan fingerprint density at radius 1 is 1.23 bits per heavy atom. The molecule has 1 heterocycles. The van der Waals surface area contributed by atoms with Gasteiger partial charge in [0.2, 0.25) is 0 Å². The summed E-state index contributed by atoms with van der Waals surface area (Å²) in [6.45, 7) is 4.05. The van der Waals surface area contributed by atoms with Crippen LogP contribution in [0.2, 0.25) is 5.02 Å². The molecule has 1 aliphatic rings. The van der Waals surface area contributed by atoms with E-state index in [-0.39, 0.29) is 38.4 Å². The maximum Gasteiger partial charge on any atom is 0.336 e. The van der Waals surface area contributed by atoms with Gasteiger partial charge in [0, 0.05) is 21.9 Å². The predicted molar refractivity (Wildman–Crippen MR) is 115 cm³/mol. The number of methoxy groups -OCH3 is 1. The van der Waals surface area contributed by atoms with Gasteiger partial charge in [0.25, 0.3) is 0 Å². The van der Waals surface area contributed by atoms with Crippen LogP contribution in [0.3, 0.4) is 0 Å². The lowest BCUT2D eigenvalue weighted by Gasteiger charge is -2.31. The van der Waals surface area contributed by atoms with Crippen molar-refractivity contribution in [2.45, 2.75) is 20.3 Å². The lowest BCUT2D eigenvalue weighted by molar-refractivity contribution is -0.139. The lowest BCUT2D eigenvalue weighted by atomic mass is 9.81. The highest BCUT2D eigenvalue weighted by Crippen LogP contribution is 2.35. The van der Waals surface area contributed by atoms with Crippen molar-refractivity contribution < 1.29 is 23.8 Å². The topological polar surface area (TPSA) is 115 Å². The van der Waals surface area contributed by atoms with Gasteiger partial charge >= 0.3 is 11.9 Å². The second-order valence-electron chi connectivity index (χ2n) is 6.67. The highest BCUT2D eigenvalue weighted by atomic mass is 35.5. The minimum Gasteiger partial charge on any atom is -0.466 e. The number of nitrogens with one attached hydrogen (secondary N) is 2. The second-order valence-corrected chi connectivity index (χ2v) is 7.08. The number of halogens is 1. The zero-order valence-corrected chi connectivity index (χ0v) is 18.5. The first-order chi connectivity index (χ1) is 14.9. The van der Waals surface area contributed by atoms with E-state index in [1.54, 1.807) is 26.0 Å². The summed E-state index contributed by atoms with van der Waals surface area (Å²) < 4.78 is 15.8. The summed E-state index contributed by atoms with van der Waals surface area (Å²) in [6.07, 6.45) is 0.289. The van der Waals surface area contributed by atoms with E-state index in [4.69, 9.17) is 25.8 Å². The van der Waals surface area contributed by atoms with Crippen molar-refractivity contribution in [2.75, 3.05) is 33.5 Å². The molecular weight excluding hydrogens is 426 g/mol. The van der Waals surface area contributed by atoms with Crippen LogP contribution in [0.1, 0.15) is 19.4 Å². The molecule has 1 aromatic rings. The summed E-state index contributed by atoms with van der Waals surface area (Å²) in [5.74, 6) is -1.77. The van der Waals surface area contributed by atoms with Gasteiger partial charge in [-0.2, -0.15) is 0 Å². The molecule has 9 nitrogen and oxygen atoms in total. The molecule has 0 aliphatic carbocycles. The minimum atomic E-state index is -0.652. The van der Waals surface area contributed by atoms with Gasteiger partial charge in [0.1, 0.15) is 0 Å². The van der Waals surface area contributed by atoms with Gasteiger partial charge in [-0.15, -0.1) is 4.91 Å². The quantitative estimate of drug-likeness (QED) is 0.228.